The number of hydrogen-bond donors (Lipinski definition) is 0. The van der Waals surface area contributed by atoms with Gasteiger partial charge in [-0.25, -0.2) is 4.98 Å². The molecule has 0 aliphatic heterocycles. The van der Waals surface area contributed by atoms with Crippen LogP contribution in [0.1, 0.15) is 4.79 Å². The zero-order valence-electron chi connectivity index (χ0n) is 4.74. The zero-order valence-corrected chi connectivity index (χ0v) is 4.74. The summed E-state index contributed by atoms with van der Waals surface area (Å²) in [5.41, 5.74) is 0. The molecule has 0 amide bonds. The van der Waals surface area contributed by atoms with E-state index >= 15 is 0 Å². The van der Waals surface area contributed by atoms with Crippen LogP contribution in [0, 0.1) is 0 Å². The van der Waals surface area contributed by atoms with E-state index in [2.05, 4.69) is 10.1 Å². The maximum atomic E-state index is 11.6. The van der Waals surface area contributed by atoms with Crippen molar-refractivity contribution >= 4 is 5.91 Å². The standard InChI is InChI=1S/C4H3F2N3O/c5-3(6)4(10)9-2-7-1-8-9/h1-3H. The minimum Gasteiger partial charge on any atom is -0.266 e. The quantitative estimate of drug-likeness (QED) is 0.569. The Bertz CT molecular complexity index is 220. The van der Waals surface area contributed by atoms with E-state index in [1.165, 1.54) is 0 Å². The summed E-state index contributed by atoms with van der Waals surface area (Å²) in [4.78, 5) is 13.6. The molecular formula is C4H3F2N3O. The highest BCUT2D eigenvalue weighted by molar-refractivity contribution is 5.80. The third kappa shape index (κ3) is 1.15. The van der Waals surface area contributed by atoms with Gasteiger partial charge in [-0.3, -0.25) is 4.79 Å². The van der Waals surface area contributed by atoms with Crippen LogP contribution in [0.5, 0.6) is 0 Å². The third-order valence-electron chi connectivity index (χ3n) is 0.831. The number of rotatable bonds is 1. The van der Waals surface area contributed by atoms with Gasteiger partial charge in [-0.1, -0.05) is 0 Å². The molecule has 54 valence electrons. The molecule has 6 heteroatoms. The van der Waals surface area contributed by atoms with Gasteiger partial charge in [0.05, 0.1) is 0 Å². The van der Waals surface area contributed by atoms with Crippen molar-refractivity contribution in [2.45, 2.75) is 6.43 Å². The molecule has 0 aliphatic carbocycles. The van der Waals surface area contributed by atoms with Gasteiger partial charge in [-0.2, -0.15) is 18.6 Å². The molecule has 0 bridgehead atoms. The number of aromatic nitrogens is 3. The Morgan fingerprint density at radius 1 is 1.60 bits per heavy atom. The summed E-state index contributed by atoms with van der Waals surface area (Å²) in [6.45, 7) is 0. The van der Waals surface area contributed by atoms with Crippen molar-refractivity contribution in [3.8, 4) is 0 Å². The van der Waals surface area contributed by atoms with Crippen molar-refractivity contribution in [1.29, 1.82) is 0 Å². The highest BCUT2D eigenvalue weighted by atomic mass is 19.3. The van der Waals surface area contributed by atoms with Crippen LogP contribution in [0.15, 0.2) is 12.7 Å². The number of halogens is 2. The van der Waals surface area contributed by atoms with Gasteiger partial charge in [0.2, 0.25) is 0 Å². The monoisotopic (exact) mass is 147 g/mol. The van der Waals surface area contributed by atoms with Gasteiger partial charge >= 0.3 is 12.3 Å². The van der Waals surface area contributed by atoms with Gasteiger partial charge in [0, 0.05) is 0 Å². The van der Waals surface area contributed by atoms with Gasteiger partial charge in [-0.15, -0.1) is 0 Å². The molecule has 0 unspecified atom stereocenters. The molecule has 10 heavy (non-hydrogen) atoms. The van der Waals surface area contributed by atoms with Gasteiger partial charge in [0.25, 0.3) is 0 Å². The maximum absolute atomic E-state index is 11.6. The predicted octanol–water partition coefficient (Wildman–Crippen LogP) is 0.183. The maximum Gasteiger partial charge on any atom is 0.317 e. The molecule has 0 N–H and O–H groups in total. The van der Waals surface area contributed by atoms with Crippen molar-refractivity contribution in [2.24, 2.45) is 0 Å². The number of carbonyl (C=O) groups is 1. The van der Waals surface area contributed by atoms with Crippen molar-refractivity contribution in [3.63, 3.8) is 0 Å². The molecule has 0 aromatic carbocycles. The largest absolute Gasteiger partial charge is 0.317 e. The molecule has 0 saturated heterocycles. The first-order valence-electron chi connectivity index (χ1n) is 2.39. The Kier molecular flexibility index (Phi) is 1.70. The first-order valence-corrected chi connectivity index (χ1v) is 2.39. The highest BCUT2D eigenvalue weighted by Crippen LogP contribution is 1.95. The molecular weight excluding hydrogens is 144 g/mol. The zero-order chi connectivity index (χ0) is 7.56. The van der Waals surface area contributed by atoms with Gasteiger partial charge < -0.3 is 0 Å². The fourth-order valence-corrected chi connectivity index (χ4v) is 0.422. The summed E-state index contributed by atoms with van der Waals surface area (Å²) in [5, 5.41) is 3.21. The average molecular weight is 147 g/mol. The Labute approximate surface area is 54.5 Å². The highest BCUT2D eigenvalue weighted by Gasteiger charge is 2.17. The second-order valence-corrected chi connectivity index (χ2v) is 1.48. The van der Waals surface area contributed by atoms with Crippen LogP contribution in [0.3, 0.4) is 0 Å². The molecule has 0 saturated carbocycles. The second kappa shape index (κ2) is 2.51. The SMILES string of the molecule is O=C(C(F)F)n1cncn1. The molecule has 0 fully saturated rings. The van der Waals surface area contributed by atoms with E-state index in [9.17, 15) is 13.6 Å². The third-order valence-corrected chi connectivity index (χ3v) is 0.831. The van der Waals surface area contributed by atoms with Crippen molar-refractivity contribution in [3.05, 3.63) is 12.7 Å². The minimum absolute atomic E-state index is 0.491. The normalized spacial score (nSPS) is 10.3. The van der Waals surface area contributed by atoms with Gasteiger partial charge in [0.1, 0.15) is 12.7 Å². The number of nitrogens with zero attached hydrogens (tertiary/aromatic N) is 3. The van der Waals surface area contributed by atoms with E-state index in [-0.39, 0.29) is 0 Å². The van der Waals surface area contributed by atoms with E-state index in [0.717, 1.165) is 12.7 Å². The molecule has 0 spiro atoms. The van der Waals surface area contributed by atoms with Gasteiger partial charge in [-0.05, 0) is 0 Å². The predicted molar refractivity (Wildman–Crippen MR) is 26.7 cm³/mol. The molecule has 1 rings (SSSR count). The Morgan fingerprint density at radius 2 is 2.30 bits per heavy atom. The van der Waals surface area contributed by atoms with Crippen LogP contribution < -0.4 is 0 Å². The lowest BCUT2D eigenvalue weighted by Crippen LogP contribution is -2.19. The van der Waals surface area contributed by atoms with E-state index in [0.29, 0.717) is 4.68 Å². The lowest BCUT2D eigenvalue weighted by atomic mass is 10.6. The second-order valence-electron chi connectivity index (χ2n) is 1.48. The van der Waals surface area contributed by atoms with Crippen LogP contribution in [0.2, 0.25) is 0 Å². The molecule has 1 heterocycles. The molecule has 1 aromatic rings. The number of carbonyl (C=O) groups excluding carboxylic acids is 1. The molecule has 1 aromatic heterocycles. The summed E-state index contributed by atoms with van der Waals surface area (Å²) >= 11 is 0. The smallest absolute Gasteiger partial charge is 0.266 e. The Balaban J connectivity index is 2.78. The average Bonchev–Trinajstić information content (AvgIpc) is 2.36. The van der Waals surface area contributed by atoms with Crippen molar-refractivity contribution < 1.29 is 13.6 Å². The number of alkyl halides is 2. The Hall–Kier alpha value is -1.33. The first-order chi connectivity index (χ1) is 4.72. The van der Waals surface area contributed by atoms with Crippen LogP contribution in [0.4, 0.5) is 8.78 Å². The van der Waals surface area contributed by atoms with E-state index in [1.807, 2.05) is 0 Å². The van der Waals surface area contributed by atoms with E-state index in [1.54, 1.807) is 0 Å². The topological polar surface area (TPSA) is 47.8 Å². The lowest BCUT2D eigenvalue weighted by Gasteiger charge is -1.94. The summed E-state index contributed by atoms with van der Waals surface area (Å²) in [6, 6.07) is 0. The van der Waals surface area contributed by atoms with Crippen LogP contribution in [-0.4, -0.2) is 27.1 Å². The lowest BCUT2D eigenvalue weighted by molar-refractivity contribution is 0.0564. The Morgan fingerprint density at radius 3 is 2.70 bits per heavy atom. The number of hydrogen-bond acceptors (Lipinski definition) is 3. The van der Waals surface area contributed by atoms with E-state index < -0.39 is 12.3 Å². The van der Waals surface area contributed by atoms with Crippen LogP contribution in [0.25, 0.3) is 0 Å². The fraction of sp³-hybridized carbons (Fsp3) is 0.250. The van der Waals surface area contributed by atoms with Crippen molar-refractivity contribution in [2.75, 3.05) is 0 Å². The summed E-state index contributed by atoms with van der Waals surface area (Å²) < 4.78 is 23.6. The molecule has 0 radical (unpaired) electrons. The van der Waals surface area contributed by atoms with Crippen LogP contribution in [-0.2, 0) is 0 Å². The van der Waals surface area contributed by atoms with E-state index in [4.69, 9.17) is 0 Å². The fourth-order valence-electron chi connectivity index (χ4n) is 0.422. The van der Waals surface area contributed by atoms with Gasteiger partial charge in [0.15, 0.2) is 0 Å². The molecule has 0 aliphatic rings. The first kappa shape index (κ1) is 6.79. The molecule has 0 atom stereocenters. The summed E-state index contributed by atoms with van der Waals surface area (Å²) in [7, 11) is 0. The van der Waals surface area contributed by atoms with Crippen molar-refractivity contribution in [1.82, 2.24) is 14.8 Å². The summed E-state index contributed by atoms with van der Waals surface area (Å²) in [5.74, 6) is -1.36. The summed E-state index contributed by atoms with van der Waals surface area (Å²) in [6.07, 6.45) is -1.09. The minimum atomic E-state index is -3.03. The molecule has 4 nitrogen and oxygen atoms in total. The van der Waals surface area contributed by atoms with Crippen LogP contribution >= 0.6 is 0 Å².